The van der Waals surface area contributed by atoms with Crippen molar-refractivity contribution in [2.45, 2.75) is 44.1 Å². The second-order valence-electron chi connectivity index (χ2n) is 9.94. The van der Waals surface area contributed by atoms with E-state index in [-0.39, 0.29) is 11.8 Å². The molecule has 0 aliphatic carbocycles. The highest BCUT2D eigenvalue weighted by Gasteiger charge is 2.45. The van der Waals surface area contributed by atoms with E-state index in [0.29, 0.717) is 0 Å². The fourth-order valence-electron chi connectivity index (χ4n) is 5.61. The van der Waals surface area contributed by atoms with E-state index < -0.39 is 5.60 Å². The average molecular weight is 458 g/mol. The van der Waals surface area contributed by atoms with E-state index in [1.54, 1.807) is 7.11 Å². The van der Waals surface area contributed by atoms with Crippen molar-refractivity contribution in [1.82, 2.24) is 4.90 Å². The summed E-state index contributed by atoms with van der Waals surface area (Å²) in [5.41, 5.74) is 3.34. The third-order valence-electron chi connectivity index (χ3n) is 7.28. The van der Waals surface area contributed by atoms with Crippen molar-refractivity contribution in [1.29, 1.82) is 0 Å². The number of hydrogen-bond donors (Lipinski definition) is 0. The normalized spacial score (nSPS) is 21.5. The maximum atomic E-state index is 6.62. The Bertz CT molecular complexity index is 1090. The third kappa shape index (κ3) is 4.65. The van der Waals surface area contributed by atoms with E-state index in [0.717, 1.165) is 30.4 Å². The molecule has 5 rings (SSSR count). The van der Waals surface area contributed by atoms with Gasteiger partial charge in [0.15, 0.2) is 0 Å². The summed E-state index contributed by atoms with van der Waals surface area (Å²) in [5, 5.41) is 0. The van der Waals surface area contributed by atoms with Gasteiger partial charge in [0.2, 0.25) is 0 Å². The summed E-state index contributed by atoms with van der Waals surface area (Å²) in [6.45, 7) is 8.52. The Morgan fingerprint density at radius 1 is 0.882 bits per heavy atom. The molecule has 4 nitrogen and oxygen atoms in total. The Balaban J connectivity index is 1.44. The van der Waals surface area contributed by atoms with Crippen molar-refractivity contribution in [3.05, 3.63) is 89.5 Å². The molecule has 2 aliphatic heterocycles. The van der Waals surface area contributed by atoms with Crippen molar-refractivity contribution < 1.29 is 14.2 Å². The van der Waals surface area contributed by atoms with Gasteiger partial charge in [-0.3, -0.25) is 4.90 Å². The van der Waals surface area contributed by atoms with Crippen molar-refractivity contribution in [3.8, 4) is 17.2 Å². The zero-order chi connectivity index (χ0) is 23.5. The predicted octanol–water partition coefficient (Wildman–Crippen LogP) is 6.26. The van der Waals surface area contributed by atoms with Crippen LogP contribution in [0.5, 0.6) is 17.2 Å². The molecule has 2 heterocycles. The van der Waals surface area contributed by atoms with E-state index in [1.807, 2.05) is 12.1 Å². The minimum atomic E-state index is -0.405. The molecule has 0 aromatic heterocycles. The molecule has 0 N–H and O–H groups in total. The molecule has 178 valence electrons. The molecular weight excluding hydrogens is 422 g/mol. The van der Waals surface area contributed by atoms with Gasteiger partial charge in [0.05, 0.1) is 7.11 Å². The van der Waals surface area contributed by atoms with Crippen LogP contribution in [0.3, 0.4) is 0 Å². The highest BCUT2D eigenvalue weighted by atomic mass is 16.5. The lowest BCUT2D eigenvalue weighted by Crippen LogP contribution is -2.43. The van der Waals surface area contributed by atoms with Crippen LogP contribution in [-0.4, -0.2) is 43.9 Å². The van der Waals surface area contributed by atoms with Gasteiger partial charge in [-0.2, -0.15) is 0 Å². The van der Waals surface area contributed by atoms with Crippen LogP contribution in [0.1, 0.15) is 55.2 Å². The van der Waals surface area contributed by atoms with Gasteiger partial charge in [-0.25, -0.2) is 0 Å². The Hall–Kier alpha value is -2.98. The quantitative estimate of drug-likeness (QED) is 0.419. The van der Waals surface area contributed by atoms with Gasteiger partial charge in [0.1, 0.15) is 29.5 Å². The zero-order valence-electron chi connectivity index (χ0n) is 20.5. The first-order chi connectivity index (χ1) is 16.5. The maximum Gasteiger partial charge on any atom is 0.127 e. The first-order valence-electron chi connectivity index (χ1n) is 12.4. The van der Waals surface area contributed by atoms with Gasteiger partial charge in [0.25, 0.3) is 0 Å². The molecule has 3 aromatic rings. The van der Waals surface area contributed by atoms with Gasteiger partial charge in [-0.05, 0) is 69.1 Å². The molecule has 0 spiro atoms. The highest BCUT2D eigenvalue weighted by molar-refractivity contribution is 5.52. The Kier molecular flexibility index (Phi) is 6.51. The predicted molar refractivity (Wildman–Crippen MR) is 136 cm³/mol. The largest absolute Gasteiger partial charge is 0.497 e. The Morgan fingerprint density at radius 2 is 1.59 bits per heavy atom. The average Bonchev–Trinajstić information content (AvgIpc) is 3.37. The molecule has 2 atom stereocenters. The first-order valence-corrected chi connectivity index (χ1v) is 12.4. The summed E-state index contributed by atoms with van der Waals surface area (Å²) in [6.07, 6.45) is 2.62. The number of ether oxygens (including phenoxy) is 3. The Morgan fingerprint density at radius 3 is 2.29 bits per heavy atom. The summed E-state index contributed by atoms with van der Waals surface area (Å²) in [6, 6.07) is 25.6. The van der Waals surface area contributed by atoms with Gasteiger partial charge >= 0.3 is 0 Å². The first kappa shape index (κ1) is 22.8. The molecule has 34 heavy (non-hydrogen) atoms. The fraction of sp³-hybridized carbons (Fsp3) is 0.400. The van der Waals surface area contributed by atoms with E-state index in [1.165, 1.54) is 42.6 Å². The number of fused-ring (bicyclic) bond motifs is 1. The van der Waals surface area contributed by atoms with Crippen LogP contribution in [0.4, 0.5) is 0 Å². The molecule has 0 amide bonds. The van der Waals surface area contributed by atoms with Crippen LogP contribution in [0.15, 0.2) is 72.8 Å². The Labute approximate surface area is 203 Å². The number of likely N-dealkylation sites (tertiary alicyclic amines) is 1. The SMILES string of the molecule is COc1ccc2c(c1)OC(C)(C)[C@H](c1ccc(OCCN3CCCC3)cc1)[C@H]2c1ccccc1. The molecule has 0 unspecified atom stereocenters. The standard InChI is InChI=1S/C30H35NO3/c1-30(2)29(23-11-13-24(14-12-23)33-20-19-31-17-7-8-18-31)28(22-9-5-4-6-10-22)26-16-15-25(32-3)21-27(26)34-30/h4-6,9-16,21,28-29H,7-8,17-20H2,1-3H3/t28-,29+/m0/s1. The zero-order valence-corrected chi connectivity index (χ0v) is 20.5. The molecule has 1 saturated heterocycles. The summed E-state index contributed by atoms with van der Waals surface area (Å²) in [7, 11) is 1.70. The minimum Gasteiger partial charge on any atom is -0.497 e. The van der Waals surface area contributed by atoms with Crippen molar-refractivity contribution in [2.75, 3.05) is 33.4 Å². The molecular formula is C30H35NO3. The van der Waals surface area contributed by atoms with E-state index in [2.05, 4.69) is 79.4 Å². The molecule has 2 aliphatic rings. The van der Waals surface area contributed by atoms with Gasteiger partial charge in [0, 0.05) is 30.0 Å². The second-order valence-corrected chi connectivity index (χ2v) is 9.94. The van der Waals surface area contributed by atoms with Crippen molar-refractivity contribution in [2.24, 2.45) is 0 Å². The molecule has 0 saturated carbocycles. The summed E-state index contributed by atoms with van der Waals surface area (Å²) >= 11 is 0. The van der Waals surface area contributed by atoms with Crippen molar-refractivity contribution in [3.63, 3.8) is 0 Å². The van der Waals surface area contributed by atoms with Crippen molar-refractivity contribution >= 4 is 0 Å². The van der Waals surface area contributed by atoms with Gasteiger partial charge in [-0.1, -0.05) is 48.5 Å². The molecule has 3 aromatic carbocycles. The van der Waals surface area contributed by atoms with Gasteiger partial charge < -0.3 is 14.2 Å². The molecule has 1 fully saturated rings. The molecule has 0 radical (unpaired) electrons. The second kappa shape index (κ2) is 9.71. The van der Waals surface area contributed by atoms with E-state index in [4.69, 9.17) is 14.2 Å². The van der Waals surface area contributed by atoms with Crippen LogP contribution >= 0.6 is 0 Å². The number of benzene rings is 3. The number of methoxy groups -OCH3 is 1. The summed E-state index contributed by atoms with van der Waals surface area (Å²) in [4.78, 5) is 2.48. The maximum absolute atomic E-state index is 6.62. The van der Waals surface area contributed by atoms with Crippen LogP contribution in [-0.2, 0) is 0 Å². The fourth-order valence-corrected chi connectivity index (χ4v) is 5.61. The van der Waals surface area contributed by atoms with E-state index in [9.17, 15) is 0 Å². The van der Waals surface area contributed by atoms with Crippen LogP contribution < -0.4 is 14.2 Å². The third-order valence-corrected chi connectivity index (χ3v) is 7.28. The minimum absolute atomic E-state index is 0.148. The van der Waals surface area contributed by atoms with Crippen LogP contribution in [0.25, 0.3) is 0 Å². The number of rotatable bonds is 7. The van der Waals surface area contributed by atoms with Crippen LogP contribution in [0, 0.1) is 0 Å². The lowest BCUT2D eigenvalue weighted by molar-refractivity contribution is 0.0528. The highest BCUT2D eigenvalue weighted by Crippen LogP contribution is 2.53. The summed E-state index contributed by atoms with van der Waals surface area (Å²) in [5.74, 6) is 2.97. The molecule has 4 heteroatoms. The lowest BCUT2D eigenvalue weighted by Gasteiger charge is -2.45. The topological polar surface area (TPSA) is 30.9 Å². The summed E-state index contributed by atoms with van der Waals surface area (Å²) < 4.78 is 18.2. The van der Waals surface area contributed by atoms with Gasteiger partial charge in [-0.15, -0.1) is 0 Å². The smallest absolute Gasteiger partial charge is 0.127 e. The monoisotopic (exact) mass is 457 g/mol. The molecule has 0 bridgehead atoms. The number of hydrogen-bond acceptors (Lipinski definition) is 4. The lowest BCUT2D eigenvalue weighted by atomic mass is 9.68. The number of nitrogens with zero attached hydrogens (tertiary/aromatic N) is 1. The van der Waals surface area contributed by atoms with Crippen LogP contribution in [0.2, 0.25) is 0 Å². The van der Waals surface area contributed by atoms with E-state index >= 15 is 0 Å².